The van der Waals surface area contributed by atoms with E-state index in [0.717, 1.165) is 49.7 Å². The Morgan fingerprint density at radius 2 is 2.00 bits per heavy atom. The van der Waals surface area contributed by atoms with Crippen molar-refractivity contribution in [2.45, 2.75) is 39.5 Å². The number of hydrogen-bond acceptors (Lipinski definition) is 4. The Labute approximate surface area is 104 Å². The smallest absolute Gasteiger partial charge is 0.132 e. The first-order chi connectivity index (χ1) is 8.17. The normalized spacial score (nSPS) is 10.6. The number of rotatable bonds is 7. The summed E-state index contributed by atoms with van der Waals surface area (Å²) in [6.07, 6.45) is 4.41. The van der Waals surface area contributed by atoms with Gasteiger partial charge in [0.05, 0.1) is 0 Å². The van der Waals surface area contributed by atoms with Crippen molar-refractivity contribution in [1.29, 1.82) is 0 Å². The predicted octanol–water partition coefficient (Wildman–Crippen LogP) is 1.91. The maximum Gasteiger partial charge on any atom is 0.132 e. The maximum atomic E-state index is 5.48. The minimum absolute atomic E-state index is 0.788. The predicted molar refractivity (Wildman–Crippen MR) is 72.3 cm³/mol. The van der Waals surface area contributed by atoms with Crippen LogP contribution < -0.4 is 10.6 Å². The minimum Gasteiger partial charge on any atom is -0.360 e. The third-order valence-corrected chi connectivity index (χ3v) is 2.83. The van der Waals surface area contributed by atoms with E-state index in [1.807, 2.05) is 6.92 Å². The van der Waals surface area contributed by atoms with Crippen LogP contribution in [-0.2, 0) is 6.42 Å². The molecule has 2 N–H and O–H groups in total. The second kappa shape index (κ2) is 7.22. The molecular weight excluding hydrogens is 212 g/mol. The molecule has 0 spiro atoms. The molecule has 0 aliphatic rings. The fourth-order valence-electron chi connectivity index (χ4n) is 1.77. The first-order valence-electron chi connectivity index (χ1n) is 6.43. The van der Waals surface area contributed by atoms with Crippen LogP contribution >= 0.6 is 0 Å². The number of aromatic nitrogens is 2. The zero-order chi connectivity index (χ0) is 12.7. The molecule has 0 aliphatic heterocycles. The van der Waals surface area contributed by atoms with Gasteiger partial charge in [-0.25, -0.2) is 9.97 Å². The lowest BCUT2D eigenvalue weighted by molar-refractivity contribution is 0.675. The average molecular weight is 236 g/mol. The van der Waals surface area contributed by atoms with E-state index in [0.29, 0.717) is 0 Å². The first-order valence-corrected chi connectivity index (χ1v) is 6.43. The lowest BCUT2D eigenvalue weighted by atomic mass is 10.2. The van der Waals surface area contributed by atoms with Crippen molar-refractivity contribution in [1.82, 2.24) is 9.97 Å². The summed E-state index contributed by atoms with van der Waals surface area (Å²) in [4.78, 5) is 11.1. The van der Waals surface area contributed by atoms with Gasteiger partial charge in [0.1, 0.15) is 11.6 Å². The highest BCUT2D eigenvalue weighted by atomic mass is 15.2. The van der Waals surface area contributed by atoms with Gasteiger partial charge in [0, 0.05) is 25.4 Å². The fraction of sp³-hybridized carbons (Fsp3) is 0.692. The zero-order valence-electron chi connectivity index (χ0n) is 11.2. The van der Waals surface area contributed by atoms with E-state index in [2.05, 4.69) is 34.9 Å². The van der Waals surface area contributed by atoms with Crippen LogP contribution in [0.25, 0.3) is 0 Å². The summed E-state index contributed by atoms with van der Waals surface area (Å²) in [6.45, 7) is 5.88. The number of hydrogen-bond donors (Lipinski definition) is 1. The summed E-state index contributed by atoms with van der Waals surface area (Å²) in [5.74, 6) is 1.88. The Bertz CT molecular complexity index is 338. The van der Waals surface area contributed by atoms with Crippen molar-refractivity contribution in [2.24, 2.45) is 5.73 Å². The Kier molecular flexibility index (Phi) is 5.91. The summed E-state index contributed by atoms with van der Waals surface area (Å²) in [6, 6.07) is 2.08. The summed E-state index contributed by atoms with van der Waals surface area (Å²) >= 11 is 0. The molecule has 1 rings (SSSR count). The topological polar surface area (TPSA) is 55.0 Å². The van der Waals surface area contributed by atoms with Crippen LogP contribution in [-0.4, -0.2) is 30.1 Å². The van der Waals surface area contributed by atoms with Gasteiger partial charge in [-0.05, 0) is 32.7 Å². The molecule has 4 nitrogen and oxygen atoms in total. The lowest BCUT2D eigenvalue weighted by Crippen LogP contribution is -2.20. The van der Waals surface area contributed by atoms with Gasteiger partial charge < -0.3 is 10.6 Å². The van der Waals surface area contributed by atoms with Crippen molar-refractivity contribution >= 4 is 5.82 Å². The third-order valence-electron chi connectivity index (χ3n) is 2.83. The standard InChI is InChI=1S/C13H24N4/c1-4-12-10-13(16-11(2)15-12)17(3)9-7-5-6-8-14/h10H,4-9,14H2,1-3H3. The molecule has 1 aromatic rings. The van der Waals surface area contributed by atoms with Crippen LogP contribution in [0.4, 0.5) is 5.82 Å². The molecule has 96 valence electrons. The maximum absolute atomic E-state index is 5.48. The molecule has 0 radical (unpaired) electrons. The van der Waals surface area contributed by atoms with E-state index < -0.39 is 0 Å². The number of nitrogens with two attached hydrogens (primary N) is 1. The van der Waals surface area contributed by atoms with Gasteiger partial charge in [0.2, 0.25) is 0 Å². The Hall–Kier alpha value is -1.16. The van der Waals surface area contributed by atoms with Gasteiger partial charge in [0.15, 0.2) is 0 Å². The van der Waals surface area contributed by atoms with Gasteiger partial charge in [-0.1, -0.05) is 13.3 Å². The molecular formula is C13H24N4. The summed E-state index contributed by atoms with van der Waals surface area (Å²) in [5.41, 5.74) is 6.59. The van der Waals surface area contributed by atoms with Crippen molar-refractivity contribution in [3.05, 3.63) is 17.6 Å². The molecule has 0 aliphatic carbocycles. The van der Waals surface area contributed by atoms with Crippen LogP contribution in [0.5, 0.6) is 0 Å². The lowest BCUT2D eigenvalue weighted by Gasteiger charge is -2.18. The zero-order valence-corrected chi connectivity index (χ0v) is 11.2. The van der Waals surface area contributed by atoms with Crippen LogP contribution in [0, 0.1) is 6.92 Å². The molecule has 0 unspecified atom stereocenters. The van der Waals surface area contributed by atoms with Gasteiger partial charge in [0.25, 0.3) is 0 Å². The van der Waals surface area contributed by atoms with E-state index in [1.54, 1.807) is 0 Å². The highest BCUT2D eigenvalue weighted by Gasteiger charge is 2.05. The van der Waals surface area contributed by atoms with Crippen LogP contribution in [0.3, 0.4) is 0 Å². The first kappa shape index (κ1) is 13.9. The molecule has 0 saturated heterocycles. The van der Waals surface area contributed by atoms with E-state index in [9.17, 15) is 0 Å². The number of anilines is 1. The van der Waals surface area contributed by atoms with E-state index in [-0.39, 0.29) is 0 Å². The number of nitrogens with zero attached hydrogens (tertiary/aromatic N) is 3. The van der Waals surface area contributed by atoms with Crippen molar-refractivity contribution in [2.75, 3.05) is 25.0 Å². The summed E-state index contributed by atoms with van der Waals surface area (Å²) < 4.78 is 0. The van der Waals surface area contributed by atoms with E-state index in [4.69, 9.17) is 5.73 Å². The van der Waals surface area contributed by atoms with Gasteiger partial charge >= 0.3 is 0 Å². The summed E-state index contributed by atoms with van der Waals surface area (Å²) in [7, 11) is 2.09. The van der Waals surface area contributed by atoms with E-state index >= 15 is 0 Å². The monoisotopic (exact) mass is 236 g/mol. The molecule has 1 aromatic heterocycles. The van der Waals surface area contributed by atoms with Gasteiger partial charge in [-0.3, -0.25) is 0 Å². The van der Waals surface area contributed by atoms with Gasteiger partial charge in [-0.15, -0.1) is 0 Å². The van der Waals surface area contributed by atoms with Crippen LogP contribution in [0.15, 0.2) is 6.07 Å². The van der Waals surface area contributed by atoms with Crippen molar-refractivity contribution in [3.8, 4) is 0 Å². The van der Waals surface area contributed by atoms with Gasteiger partial charge in [-0.2, -0.15) is 0 Å². The second-order valence-corrected chi connectivity index (χ2v) is 4.39. The highest BCUT2D eigenvalue weighted by molar-refractivity contribution is 5.38. The Balaban J connectivity index is 2.55. The molecule has 0 aromatic carbocycles. The van der Waals surface area contributed by atoms with Crippen LogP contribution in [0.2, 0.25) is 0 Å². The largest absolute Gasteiger partial charge is 0.360 e. The molecule has 0 fully saturated rings. The molecule has 17 heavy (non-hydrogen) atoms. The Morgan fingerprint density at radius 1 is 1.24 bits per heavy atom. The number of unbranched alkanes of at least 4 members (excludes halogenated alkanes) is 2. The molecule has 1 heterocycles. The molecule has 0 saturated carbocycles. The fourth-order valence-corrected chi connectivity index (χ4v) is 1.77. The van der Waals surface area contributed by atoms with Crippen molar-refractivity contribution < 1.29 is 0 Å². The SMILES string of the molecule is CCc1cc(N(C)CCCCCN)nc(C)n1. The third kappa shape index (κ3) is 4.69. The average Bonchev–Trinajstić information content (AvgIpc) is 2.33. The second-order valence-electron chi connectivity index (χ2n) is 4.39. The summed E-state index contributed by atoms with van der Waals surface area (Å²) in [5, 5.41) is 0. The molecule has 0 bridgehead atoms. The van der Waals surface area contributed by atoms with Crippen LogP contribution in [0.1, 0.15) is 37.7 Å². The number of aryl methyl sites for hydroxylation is 2. The molecule has 0 amide bonds. The highest BCUT2D eigenvalue weighted by Crippen LogP contribution is 2.12. The quantitative estimate of drug-likeness (QED) is 0.735. The van der Waals surface area contributed by atoms with Crippen molar-refractivity contribution in [3.63, 3.8) is 0 Å². The minimum atomic E-state index is 0.788. The Morgan fingerprint density at radius 3 is 2.65 bits per heavy atom. The van der Waals surface area contributed by atoms with E-state index in [1.165, 1.54) is 6.42 Å². The molecule has 0 atom stereocenters. The molecule has 4 heteroatoms.